The van der Waals surface area contributed by atoms with Crippen molar-refractivity contribution in [1.82, 2.24) is 5.32 Å². The number of carboxylic acids is 1. The molecule has 1 rings (SSSR count). The van der Waals surface area contributed by atoms with Crippen molar-refractivity contribution in [2.24, 2.45) is 5.92 Å². The van der Waals surface area contributed by atoms with E-state index < -0.39 is 18.1 Å². The third kappa shape index (κ3) is 5.12. The van der Waals surface area contributed by atoms with Crippen molar-refractivity contribution in [1.29, 1.82) is 0 Å². The summed E-state index contributed by atoms with van der Waals surface area (Å²) in [5, 5.41) is 11.7. The molecule has 0 bridgehead atoms. The highest BCUT2D eigenvalue weighted by Crippen LogP contribution is 2.22. The summed E-state index contributed by atoms with van der Waals surface area (Å²) in [4.78, 5) is 23.3. The Bertz CT molecular complexity index is 324. The van der Waals surface area contributed by atoms with Gasteiger partial charge in [0, 0.05) is 0 Å². The van der Waals surface area contributed by atoms with Gasteiger partial charge in [-0.2, -0.15) is 0 Å². The summed E-state index contributed by atoms with van der Waals surface area (Å²) < 4.78 is 5.86. The van der Waals surface area contributed by atoms with Crippen molar-refractivity contribution in [3.05, 3.63) is 0 Å². The molecule has 1 aliphatic rings. The molecule has 1 amide bonds. The highest BCUT2D eigenvalue weighted by atomic mass is 16.5. The maximum atomic E-state index is 12.2. The van der Waals surface area contributed by atoms with Gasteiger partial charge in [-0.15, -0.1) is 0 Å². The molecular weight excluding hydrogens is 258 g/mol. The summed E-state index contributed by atoms with van der Waals surface area (Å²) in [6.07, 6.45) is 5.68. The minimum absolute atomic E-state index is 0.141. The van der Waals surface area contributed by atoms with Crippen LogP contribution in [0.2, 0.25) is 0 Å². The van der Waals surface area contributed by atoms with Crippen LogP contribution in [0.25, 0.3) is 0 Å². The molecule has 5 nitrogen and oxygen atoms in total. The Morgan fingerprint density at radius 1 is 1.25 bits per heavy atom. The number of hydrogen-bond acceptors (Lipinski definition) is 3. The second-order valence-electron chi connectivity index (χ2n) is 5.86. The van der Waals surface area contributed by atoms with Crippen LogP contribution in [0.15, 0.2) is 0 Å². The van der Waals surface area contributed by atoms with E-state index in [4.69, 9.17) is 9.84 Å². The summed E-state index contributed by atoms with van der Waals surface area (Å²) >= 11 is 0. The Labute approximate surface area is 121 Å². The molecule has 5 heteroatoms. The van der Waals surface area contributed by atoms with Crippen LogP contribution in [-0.4, -0.2) is 35.2 Å². The summed E-state index contributed by atoms with van der Waals surface area (Å²) in [6, 6.07) is -0.855. The zero-order valence-corrected chi connectivity index (χ0v) is 12.7. The molecule has 1 aliphatic carbocycles. The molecule has 0 aromatic rings. The largest absolute Gasteiger partial charge is 0.480 e. The van der Waals surface area contributed by atoms with Gasteiger partial charge in [-0.1, -0.05) is 40.0 Å². The lowest BCUT2D eigenvalue weighted by Crippen LogP contribution is -2.49. The van der Waals surface area contributed by atoms with Gasteiger partial charge in [0.05, 0.1) is 6.10 Å². The number of aliphatic carboxylic acids is 1. The van der Waals surface area contributed by atoms with E-state index in [0.717, 1.165) is 25.7 Å². The van der Waals surface area contributed by atoms with Gasteiger partial charge in [0.1, 0.15) is 12.1 Å². The fraction of sp³-hybridized carbons (Fsp3) is 0.867. The Morgan fingerprint density at radius 2 is 1.85 bits per heavy atom. The van der Waals surface area contributed by atoms with Gasteiger partial charge < -0.3 is 15.2 Å². The second kappa shape index (κ2) is 8.25. The van der Waals surface area contributed by atoms with Crippen LogP contribution in [0.3, 0.4) is 0 Å². The number of carbonyl (C=O) groups excluding carboxylic acids is 1. The molecule has 0 saturated heterocycles. The molecule has 0 aliphatic heterocycles. The molecule has 20 heavy (non-hydrogen) atoms. The number of rotatable bonds is 7. The maximum absolute atomic E-state index is 12.2. The van der Waals surface area contributed by atoms with E-state index in [-0.39, 0.29) is 17.9 Å². The molecular formula is C15H27NO4. The van der Waals surface area contributed by atoms with Gasteiger partial charge >= 0.3 is 5.97 Å². The van der Waals surface area contributed by atoms with Crippen molar-refractivity contribution < 1.29 is 19.4 Å². The lowest BCUT2D eigenvalue weighted by atomic mass is 9.97. The first-order chi connectivity index (χ1) is 9.45. The molecule has 1 fully saturated rings. The third-order valence-corrected chi connectivity index (χ3v) is 3.80. The molecule has 0 radical (unpaired) electrons. The van der Waals surface area contributed by atoms with Crippen molar-refractivity contribution in [3.63, 3.8) is 0 Å². The van der Waals surface area contributed by atoms with Crippen molar-refractivity contribution in [3.8, 4) is 0 Å². The fourth-order valence-electron chi connectivity index (χ4n) is 2.54. The molecule has 2 atom stereocenters. The minimum Gasteiger partial charge on any atom is -0.480 e. The zero-order valence-electron chi connectivity index (χ0n) is 12.7. The van der Waals surface area contributed by atoms with Crippen LogP contribution < -0.4 is 5.32 Å². The Kier molecular flexibility index (Phi) is 6.99. The Balaban J connectivity index is 2.54. The molecule has 0 spiro atoms. The van der Waals surface area contributed by atoms with Crippen LogP contribution in [-0.2, 0) is 14.3 Å². The monoisotopic (exact) mass is 285 g/mol. The third-order valence-electron chi connectivity index (χ3n) is 3.80. The van der Waals surface area contributed by atoms with Gasteiger partial charge in [-0.05, 0) is 25.2 Å². The van der Waals surface area contributed by atoms with Crippen molar-refractivity contribution in [2.75, 3.05) is 0 Å². The van der Waals surface area contributed by atoms with E-state index in [0.29, 0.717) is 6.42 Å². The van der Waals surface area contributed by atoms with Gasteiger partial charge in [-0.25, -0.2) is 4.79 Å². The van der Waals surface area contributed by atoms with E-state index in [1.807, 2.05) is 6.92 Å². The maximum Gasteiger partial charge on any atom is 0.326 e. The SMILES string of the molecule is CCC(OC1CCCCC1)C(=O)NC(C(=O)O)C(C)C. The standard InChI is InChI=1S/C15H27NO4/c1-4-12(20-11-8-6-5-7-9-11)14(17)16-13(10(2)3)15(18)19/h10-13H,4-9H2,1-3H3,(H,16,17)(H,18,19). The predicted molar refractivity (Wildman–Crippen MR) is 76.4 cm³/mol. The lowest BCUT2D eigenvalue weighted by Gasteiger charge is -2.28. The van der Waals surface area contributed by atoms with E-state index >= 15 is 0 Å². The van der Waals surface area contributed by atoms with Crippen molar-refractivity contribution >= 4 is 11.9 Å². The zero-order chi connectivity index (χ0) is 15.1. The van der Waals surface area contributed by atoms with Gasteiger partial charge in [0.15, 0.2) is 0 Å². The topological polar surface area (TPSA) is 75.6 Å². The molecule has 2 unspecified atom stereocenters. The van der Waals surface area contributed by atoms with Gasteiger partial charge in [0.2, 0.25) is 5.91 Å². The van der Waals surface area contributed by atoms with Crippen LogP contribution >= 0.6 is 0 Å². The highest BCUT2D eigenvalue weighted by molar-refractivity contribution is 5.86. The number of nitrogens with one attached hydrogen (secondary N) is 1. The fourth-order valence-corrected chi connectivity index (χ4v) is 2.54. The Hall–Kier alpha value is -1.10. The first-order valence-corrected chi connectivity index (χ1v) is 7.64. The smallest absolute Gasteiger partial charge is 0.326 e. The predicted octanol–water partition coefficient (Wildman–Crippen LogP) is 2.34. The molecule has 0 heterocycles. The normalized spacial score (nSPS) is 19.6. The van der Waals surface area contributed by atoms with Crippen LogP contribution in [0.5, 0.6) is 0 Å². The Morgan fingerprint density at radius 3 is 2.30 bits per heavy atom. The van der Waals surface area contributed by atoms with Gasteiger partial charge in [-0.3, -0.25) is 4.79 Å². The average Bonchev–Trinajstić information content (AvgIpc) is 2.42. The molecule has 2 N–H and O–H groups in total. The number of amides is 1. The van der Waals surface area contributed by atoms with E-state index in [2.05, 4.69) is 5.32 Å². The second-order valence-corrected chi connectivity index (χ2v) is 5.86. The average molecular weight is 285 g/mol. The lowest BCUT2D eigenvalue weighted by molar-refractivity contribution is -0.147. The van der Waals surface area contributed by atoms with Crippen molar-refractivity contribution in [2.45, 2.75) is 77.5 Å². The number of ether oxygens (including phenoxy) is 1. The summed E-state index contributed by atoms with van der Waals surface area (Å²) in [6.45, 7) is 5.45. The summed E-state index contributed by atoms with van der Waals surface area (Å²) in [7, 11) is 0. The number of hydrogen-bond donors (Lipinski definition) is 2. The van der Waals surface area contributed by atoms with Gasteiger partial charge in [0.25, 0.3) is 0 Å². The number of carboxylic acid groups (broad SMARTS) is 1. The first kappa shape index (κ1) is 17.0. The summed E-state index contributed by atoms with van der Waals surface area (Å²) in [5.41, 5.74) is 0. The van der Waals surface area contributed by atoms with Crippen LogP contribution in [0, 0.1) is 5.92 Å². The van der Waals surface area contributed by atoms with E-state index in [1.54, 1.807) is 13.8 Å². The first-order valence-electron chi connectivity index (χ1n) is 7.64. The number of carbonyl (C=O) groups is 2. The van der Waals surface area contributed by atoms with E-state index in [9.17, 15) is 9.59 Å². The molecule has 0 aromatic heterocycles. The highest BCUT2D eigenvalue weighted by Gasteiger charge is 2.29. The summed E-state index contributed by atoms with van der Waals surface area (Å²) in [5.74, 6) is -1.45. The van der Waals surface area contributed by atoms with E-state index in [1.165, 1.54) is 6.42 Å². The molecule has 1 saturated carbocycles. The quantitative estimate of drug-likeness (QED) is 0.753. The minimum atomic E-state index is -0.999. The van der Waals surface area contributed by atoms with Crippen LogP contribution in [0.4, 0.5) is 0 Å². The van der Waals surface area contributed by atoms with Crippen LogP contribution in [0.1, 0.15) is 59.3 Å². The molecule has 0 aromatic carbocycles. The molecule has 116 valence electrons.